The Morgan fingerprint density at radius 3 is 2.36 bits per heavy atom. The van der Waals surface area contributed by atoms with E-state index in [1.165, 1.54) is 4.98 Å². The van der Waals surface area contributed by atoms with Gasteiger partial charge in [-0.15, -0.1) is 4.91 Å². The Hall–Kier alpha value is -1.93. The number of nitrogens with one attached hydrogen (secondary N) is 1. The van der Waals surface area contributed by atoms with Gasteiger partial charge in [0.15, 0.2) is 0 Å². The summed E-state index contributed by atoms with van der Waals surface area (Å²) in [6.45, 7) is 0. The van der Waals surface area contributed by atoms with Crippen LogP contribution in [0.2, 0.25) is 0 Å². The summed E-state index contributed by atoms with van der Waals surface area (Å²) >= 11 is 0. The smallest absolute Gasteiger partial charge is 0.449 e. The summed E-state index contributed by atoms with van der Waals surface area (Å²) in [4.78, 5) is 24.4. The molecule has 1 rings (SSSR count). The molecule has 0 atom stereocenters. The van der Waals surface area contributed by atoms with Crippen LogP contribution in [0, 0.1) is 4.91 Å². The lowest BCUT2D eigenvalue weighted by Gasteiger charge is -2.04. The van der Waals surface area contributed by atoms with Gasteiger partial charge in [-0.05, 0) is 5.18 Å². The Balaban J connectivity index is 3.43. The van der Waals surface area contributed by atoms with Gasteiger partial charge in [0.2, 0.25) is 17.4 Å². The number of alkyl halides is 3. The first kappa shape index (κ1) is 10.2. The van der Waals surface area contributed by atoms with Crippen molar-refractivity contribution in [2.75, 3.05) is 0 Å². The lowest BCUT2D eigenvalue weighted by molar-refractivity contribution is -0.145. The molecule has 76 valence electrons. The molecule has 0 saturated heterocycles. The van der Waals surface area contributed by atoms with Crippen LogP contribution in [0.5, 0.6) is 5.88 Å². The first-order chi connectivity index (χ1) is 6.36. The summed E-state index contributed by atoms with van der Waals surface area (Å²) in [6, 6.07) is 0. The Morgan fingerprint density at radius 1 is 1.43 bits per heavy atom. The second-order valence-corrected chi connectivity index (χ2v) is 2.18. The molecule has 0 saturated carbocycles. The lowest BCUT2D eigenvalue weighted by Crippen LogP contribution is -2.18. The molecule has 0 spiro atoms. The topological polar surface area (TPSA) is 95.4 Å². The molecule has 9 heteroatoms. The van der Waals surface area contributed by atoms with Crippen molar-refractivity contribution in [1.82, 2.24) is 9.97 Å². The summed E-state index contributed by atoms with van der Waals surface area (Å²) in [5.74, 6) is -3.04. The highest BCUT2D eigenvalue weighted by molar-refractivity contribution is 5.43. The zero-order valence-corrected chi connectivity index (χ0v) is 6.29. The Kier molecular flexibility index (Phi) is 2.24. The highest BCUT2D eigenvalue weighted by Gasteiger charge is 2.35. The van der Waals surface area contributed by atoms with Gasteiger partial charge in [-0.2, -0.15) is 18.2 Å². The van der Waals surface area contributed by atoms with Crippen LogP contribution in [0.25, 0.3) is 0 Å². The maximum absolute atomic E-state index is 11.9. The van der Waals surface area contributed by atoms with Crippen molar-refractivity contribution in [1.29, 1.82) is 0 Å². The lowest BCUT2D eigenvalue weighted by atomic mass is 10.4. The molecule has 0 unspecified atom stereocenters. The van der Waals surface area contributed by atoms with E-state index >= 15 is 0 Å². The number of aromatic nitrogens is 2. The van der Waals surface area contributed by atoms with Crippen LogP contribution in [-0.4, -0.2) is 15.1 Å². The van der Waals surface area contributed by atoms with Crippen molar-refractivity contribution in [3.8, 4) is 5.88 Å². The van der Waals surface area contributed by atoms with E-state index in [0.29, 0.717) is 0 Å². The number of H-pyrrole nitrogens is 1. The number of halogens is 3. The quantitative estimate of drug-likeness (QED) is 0.671. The molecule has 0 bridgehead atoms. The molecule has 2 N–H and O–H groups in total. The van der Waals surface area contributed by atoms with Crippen molar-refractivity contribution < 1.29 is 18.3 Å². The van der Waals surface area contributed by atoms with Crippen LogP contribution in [0.3, 0.4) is 0 Å². The van der Waals surface area contributed by atoms with E-state index in [2.05, 4.69) is 4.98 Å². The van der Waals surface area contributed by atoms with E-state index in [1.807, 2.05) is 5.18 Å². The Bertz CT molecular complexity index is 424. The van der Waals surface area contributed by atoms with Gasteiger partial charge >= 0.3 is 6.18 Å². The molecular weight excluding hydrogens is 207 g/mol. The van der Waals surface area contributed by atoms with Gasteiger partial charge in [0.1, 0.15) is 0 Å². The van der Waals surface area contributed by atoms with Gasteiger partial charge in [-0.25, -0.2) is 0 Å². The van der Waals surface area contributed by atoms with Crippen LogP contribution in [0.4, 0.5) is 18.9 Å². The normalized spacial score (nSPS) is 11.4. The molecule has 1 heterocycles. The molecule has 0 aliphatic carbocycles. The fraction of sp³-hybridized carbons (Fsp3) is 0.200. The first-order valence-corrected chi connectivity index (χ1v) is 3.10. The maximum Gasteiger partial charge on any atom is 0.449 e. The minimum Gasteiger partial charge on any atom is -0.491 e. The van der Waals surface area contributed by atoms with Crippen molar-refractivity contribution in [2.45, 2.75) is 6.18 Å². The fourth-order valence-corrected chi connectivity index (χ4v) is 0.672. The number of aromatic hydroxyl groups is 1. The van der Waals surface area contributed by atoms with Crippen molar-refractivity contribution in [3.05, 3.63) is 21.1 Å². The van der Waals surface area contributed by atoms with Crippen LogP contribution >= 0.6 is 0 Å². The number of nitroso groups, excluding NO2 is 1. The predicted molar refractivity (Wildman–Crippen MR) is 37.0 cm³/mol. The predicted octanol–water partition coefficient (Wildman–Crippen LogP) is 0.892. The van der Waals surface area contributed by atoms with Crippen molar-refractivity contribution in [3.63, 3.8) is 0 Å². The molecule has 0 aliphatic heterocycles. The monoisotopic (exact) mass is 209 g/mol. The van der Waals surface area contributed by atoms with E-state index < -0.39 is 29.1 Å². The molecule has 1 aromatic heterocycles. The number of hydrogen-bond donors (Lipinski definition) is 2. The van der Waals surface area contributed by atoms with E-state index in [9.17, 15) is 22.9 Å². The molecule has 0 aliphatic rings. The SMILES string of the molecule is O=Nc1c(O)nc(C(F)(F)F)[nH]c1=O. The second-order valence-electron chi connectivity index (χ2n) is 2.18. The average molecular weight is 209 g/mol. The van der Waals surface area contributed by atoms with Gasteiger partial charge in [0.25, 0.3) is 5.56 Å². The highest BCUT2D eigenvalue weighted by Crippen LogP contribution is 2.28. The summed E-state index contributed by atoms with van der Waals surface area (Å²) in [7, 11) is 0. The fourth-order valence-electron chi connectivity index (χ4n) is 0.672. The van der Waals surface area contributed by atoms with E-state index in [0.717, 1.165) is 0 Å². The molecular formula is C5H2F3N3O3. The largest absolute Gasteiger partial charge is 0.491 e. The van der Waals surface area contributed by atoms with Crippen LogP contribution in [0.15, 0.2) is 9.97 Å². The van der Waals surface area contributed by atoms with Crippen molar-refractivity contribution >= 4 is 5.69 Å². The first-order valence-electron chi connectivity index (χ1n) is 3.10. The highest BCUT2D eigenvalue weighted by atomic mass is 19.4. The number of nitrogens with zero attached hydrogens (tertiary/aromatic N) is 2. The summed E-state index contributed by atoms with van der Waals surface area (Å²) in [6.07, 6.45) is -4.90. The zero-order chi connectivity index (χ0) is 10.9. The summed E-state index contributed by atoms with van der Waals surface area (Å²) in [5, 5.41) is 10.7. The maximum atomic E-state index is 11.9. The van der Waals surface area contributed by atoms with E-state index in [-0.39, 0.29) is 0 Å². The zero-order valence-electron chi connectivity index (χ0n) is 6.29. The number of rotatable bonds is 1. The summed E-state index contributed by atoms with van der Waals surface area (Å²) in [5.41, 5.74) is -2.53. The molecule has 6 nitrogen and oxygen atoms in total. The minimum absolute atomic E-state index is 1.09. The van der Waals surface area contributed by atoms with E-state index in [1.54, 1.807) is 0 Å². The molecule has 14 heavy (non-hydrogen) atoms. The van der Waals surface area contributed by atoms with Crippen LogP contribution in [-0.2, 0) is 6.18 Å². The van der Waals surface area contributed by atoms with Gasteiger partial charge in [-0.1, -0.05) is 0 Å². The van der Waals surface area contributed by atoms with Crippen LogP contribution in [0.1, 0.15) is 5.82 Å². The average Bonchev–Trinajstić information content (AvgIpc) is 2.01. The van der Waals surface area contributed by atoms with Gasteiger partial charge in [-0.3, -0.25) is 4.79 Å². The van der Waals surface area contributed by atoms with E-state index in [4.69, 9.17) is 5.11 Å². The minimum atomic E-state index is -4.90. The summed E-state index contributed by atoms with van der Waals surface area (Å²) < 4.78 is 35.8. The van der Waals surface area contributed by atoms with Gasteiger partial charge in [0.05, 0.1) is 0 Å². The number of hydrogen-bond acceptors (Lipinski definition) is 5. The third-order valence-corrected chi connectivity index (χ3v) is 1.24. The standard InChI is InChI=1S/C5H2F3N3O3/c6-5(7,8)4-9-2(12)1(11-14)3(13)10-4/h(H2,9,10,12,13). The van der Waals surface area contributed by atoms with Crippen LogP contribution < -0.4 is 5.56 Å². The van der Waals surface area contributed by atoms with Crippen molar-refractivity contribution in [2.24, 2.45) is 5.18 Å². The van der Waals surface area contributed by atoms with Gasteiger partial charge in [0, 0.05) is 0 Å². The van der Waals surface area contributed by atoms with Gasteiger partial charge < -0.3 is 10.1 Å². The third-order valence-electron chi connectivity index (χ3n) is 1.24. The number of aromatic amines is 1. The molecule has 0 amide bonds. The third kappa shape index (κ3) is 1.70. The molecule has 0 radical (unpaired) electrons. The second kappa shape index (κ2) is 3.09. The molecule has 0 aromatic carbocycles. The molecule has 1 aromatic rings. The Labute approximate surface area is 73.4 Å². The molecule has 0 fully saturated rings. The Morgan fingerprint density at radius 2 is 2.00 bits per heavy atom.